The second-order valence-corrected chi connectivity index (χ2v) is 15.8. The van der Waals surface area contributed by atoms with Crippen LogP contribution in [0.3, 0.4) is 0 Å². The van der Waals surface area contributed by atoms with Gasteiger partial charge in [0.1, 0.15) is 0 Å². The zero-order valence-corrected chi connectivity index (χ0v) is 29.4. The van der Waals surface area contributed by atoms with Gasteiger partial charge in [-0.2, -0.15) is 0 Å². The van der Waals surface area contributed by atoms with Crippen molar-refractivity contribution in [2.24, 2.45) is 0 Å². The predicted molar refractivity (Wildman–Crippen MR) is 206 cm³/mol. The molecular weight excluding hydrogens is 579 g/mol. The van der Waals surface area contributed by atoms with Gasteiger partial charge in [0.05, 0.1) is 5.69 Å². The normalized spacial score (nSPS) is 16.1. The highest BCUT2D eigenvalue weighted by molar-refractivity contribution is 6.33. The molecule has 5 aromatic carbocycles. The molecule has 1 nitrogen and oxygen atoms in total. The second kappa shape index (κ2) is 11.2. The molecule has 1 unspecified atom stereocenters. The lowest BCUT2D eigenvalue weighted by molar-refractivity contribution is 0.589. The van der Waals surface area contributed by atoms with Crippen LogP contribution in [0.25, 0.3) is 49.5 Å². The predicted octanol–water partition coefficient (Wildman–Crippen LogP) is 12.7. The molecule has 0 saturated heterocycles. The smallest absolute Gasteiger partial charge is 0.0717 e. The van der Waals surface area contributed by atoms with E-state index in [9.17, 15) is 0 Å². The Kier molecular flexibility index (Phi) is 7.11. The largest absolute Gasteiger partial charge is 0.253 e. The van der Waals surface area contributed by atoms with Crippen molar-refractivity contribution in [2.75, 3.05) is 0 Å². The van der Waals surface area contributed by atoms with Crippen LogP contribution < -0.4 is 0 Å². The lowest BCUT2D eigenvalue weighted by atomic mass is 9.75. The maximum atomic E-state index is 5.19. The van der Waals surface area contributed by atoms with Crippen LogP contribution in [-0.4, -0.2) is 4.98 Å². The quantitative estimate of drug-likeness (QED) is 0.178. The van der Waals surface area contributed by atoms with Crippen LogP contribution in [0, 0.1) is 0 Å². The lowest BCUT2D eigenvalue weighted by Crippen LogP contribution is -2.12. The molecule has 2 aliphatic carbocycles. The molecule has 8 rings (SSSR count). The molecule has 2 aliphatic rings. The Hall–Kier alpha value is -4.75. The summed E-state index contributed by atoms with van der Waals surface area (Å²) in [6.45, 7) is 16.0. The first-order valence-corrected chi connectivity index (χ1v) is 17.6. The van der Waals surface area contributed by atoms with Crippen molar-refractivity contribution < 1.29 is 0 Å². The molecule has 1 atom stereocenters. The van der Waals surface area contributed by atoms with Gasteiger partial charge < -0.3 is 0 Å². The van der Waals surface area contributed by atoms with Crippen LogP contribution in [-0.2, 0) is 17.3 Å². The molecule has 48 heavy (non-hydrogen) atoms. The number of allylic oxidation sites excluding steroid dienone is 4. The van der Waals surface area contributed by atoms with E-state index in [4.69, 9.17) is 4.98 Å². The summed E-state index contributed by atoms with van der Waals surface area (Å²) in [4.78, 5) is 5.19. The van der Waals surface area contributed by atoms with Crippen LogP contribution in [0.15, 0.2) is 115 Å². The first kappa shape index (κ1) is 30.6. The molecule has 0 radical (unpaired) electrons. The zero-order valence-electron chi connectivity index (χ0n) is 29.4. The number of aryl methyl sites for hydroxylation is 1. The highest BCUT2D eigenvalue weighted by Gasteiger charge is 2.37. The van der Waals surface area contributed by atoms with Gasteiger partial charge in [-0.3, -0.25) is 4.98 Å². The van der Waals surface area contributed by atoms with Crippen molar-refractivity contribution in [1.82, 2.24) is 4.98 Å². The summed E-state index contributed by atoms with van der Waals surface area (Å²) in [5.74, 6) is 0.262. The Bertz CT molecular complexity index is 2280. The van der Waals surface area contributed by atoms with E-state index in [1.165, 1.54) is 77.2 Å². The van der Waals surface area contributed by atoms with Crippen LogP contribution in [0.5, 0.6) is 0 Å². The van der Waals surface area contributed by atoms with E-state index in [1.807, 2.05) is 0 Å². The van der Waals surface area contributed by atoms with Gasteiger partial charge in [0, 0.05) is 17.2 Å². The fourth-order valence-corrected chi connectivity index (χ4v) is 8.10. The second-order valence-electron chi connectivity index (χ2n) is 15.8. The molecule has 1 heterocycles. The summed E-state index contributed by atoms with van der Waals surface area (Å²) >= 11 is 0. The maximum absolute atomic E-state index is 5.19. The van der Waals surface area contributed by atoms with Crippen molar-refractivity contribution in [3.8, 4) is 11.3 Å². The van der Waals surface area contributed by atoms with E-state index in [0.717, 1.165) is 24.2 Å². The Morgan fingerprint density at radius 3 is 1.88 bits per heavy atom. The number of rotatable bonds is 4. The zero-order chi connectivity index (χ0) is 33.4. The molecule has 1 aromatic heterocycles. The van der Waals surface area contributed by atoms with Crippen molar-refractivity contribution in [3.05, 3.63) is 154 Å². The SMILES string of the molecule is CCc1cccc(-c2c3ccccc3c3c4c(cccc24)C2=C3C(c3ccc(C(C)(C)C)cc3)CC=C2c2ccc(C(C)(C)C)cc2)n1. The molecule has 0 aliphatic heterocycles. The number of aromatic nitrogens is 1. The average Bonchev–Trinajstić information content (AvgIpc) is 3.44. The Morgan fingerprint density at radius 2 is 1.23 bits per heavy atom. The molecule has 0 amide bonds. The number of fused-ring (bicyclic) bond motifs is 4. The van der Waals surface area contributed by atoms with Gasteiger partial charge in [0.25, 0.3) is 0 Å². The minimum atomic E-state index is 0.113. The van der Waals surface area contributed by atoms with Crippen LogP contribution in [0.4, 0.5) is 0 Å². The first-order valence-electron chi connectivity index (χ1n) is 17.6. The minimum Gasteiger partial charge on any atom is -0.253 e. The van der Waals surface area contributed by atoms with Gasteiger partial charge in [-0.05, 0) is 107 Å². The number of hydrogen-bond donors (Lipinski definition) is 0. The third-order valence-electron chi connectivity index (χ3n) is 10.7. The molecule has 238 valence electrons. The lowest BCUT2D eigenvalue weighted by Gasteiger charge is -2.29. The van der Waals surface area contributed by atoms with Gasteiger partial charge in [-0.25, -0.2) is 0 Å². The van der Waals surface area contributed by atoms with Gasteiger partial charge in [-0.15, -0.1) is 0 Å². The third kappa shape index (κ3) is 4.86. The third-order valence-corrected chi connectivity index (χ3v) is 10.7. The van der Waals surface area contributed by atoms with E-state index in [0.29, 0.717) is 0 Å². The number of nitrogens with zero attached hydrogens (tertiary/aromatic N) is 1. The molecule has 0 bridgehead atoms. The molecular formula is C47H45N. The van der Waals surface area contributed by atoms with Crippen molar-refractivity contribution >= 4 is 38.3 Å². The van der Waals surface area contributed by atoms with Crippen LogP contribution >= 0.6 is 0 Å². The van der Waals surface area contributed by atoms with Gasteiger partial charge >= 0.3 is 0 Å². The van der Waals surface area contributed by atoms with Gasteiger partial charge in [0.2, 0.25) is 0 Å². The van der Waals surface area contributed by atoms with Crippen LogP contribution in [0.1, 0.15) is 99.9 Å². The molecule has 0 N–H and O–H groups in total. The summed E-state index contributed by atoms with van der Waals surface area (Å²) in [5, 5.41) is 5.26. The Morgan fingerprint density at radius 1 is 0.625 bits per heavy atom. The molecule has 0 saturated carbocycles. The number of pyridine rings is 1. The fourth-order valence-electron chi connectivity index (χ4n) is 8.10. The van der Waals surface area contributed by atoms with E-state index < -0.39 is 0 Å². The molecule has 1 heteroatoms. The summed E-state index contributed by atoms with van der Waals surface area (Å²) < 4.78 is 0. The summed E-state index contributed by atoms with van der Waals surface area (Å²) in [6, 6.07) is 41.4. The van der Waals surface area contributed by atoms with Crippen molar-refractivity contribution in [2.45, 2.75) is 78.1 Å². The van der Waals surface area contributed by atoms with E-state index >= 15 is 0 Å². The standard InChI is InChI=1S/C47H45N/c1-8-33-13-11-18-40(48-33)41-36-14-9-10-15-37(36)45-43-38(41)16-12-17-39(43)42-34(29-19-23-31(24-20-29)46(2,3)4)27-28-35(44(42)45)30-21-25-32(26-22-30)47(5,6)7/h9-27,35H,8,28H2,1-7H3. The van der Waals surface area contributed by atoms with Crippen molar-refractivity contribution in [1.29, 1.82) is 0 Å². The average molecular weight is 624 g/mol. The van der Waals surface area contributed by atoms with Crippen molar-refractivity contribution in [3.63, 3.8) is 0 Å². The highest BCUT2D eigenvalue weighted by atomic mass is 14.7. The topological polar surface area (TPSA) is 12.9 Å². The number of benzene rings is 5. The van der Waals surface area contributed by atoms with Gasteiger partial charge in [-0.1, -0.05) is 152 Å². The Labute approximate surface area is 286 Å². The highest BCUT2D eigenvalue weighted by Crippen LogP contribution is 2.59. The first-order chi connectivity index (χ1) is 23.0. The number of hydrogen-bond acceptors (Lipinski definition) is 1. The van der Waals surface area contributed by atoms with E-state index in [2.05, 4.69) is 164 Å². The van der Waals surface area contributed by atoms with E-state index in [-0.39, 0.29) is 16.7 Å². The molecule has 6 aromatic rings. The minimum absolute atomic E-state index is 0.113. The monoisotopic (exact) mass is 623 g/mol. The van der Waals surface area contributed by atoms with E-state index in [1.54, 1.807) is 0 Å². The summed E-state index contributed by atoms with van der Waals surface area (Å²) in [5.41, 5.74) is 16.1. The summed E-state index contributed by atoms with van der Waals surface area (Å²) in [7, 11) is 0. The summed E-state index contributed by atoms with van der Waals surface area (Å²) in [6.07, 6.45) is 4.41. The molecule has 0 spiro atoms. The van der Waals surface area contributed by atoms with Crippen LogP contribution in [0.2, 0.25) is 0 Å². The Balaban J connectivity index is 1.42. The maximum Gasteiger partial charge on any atom is 0.0717 e. The molecule has 0 fully saturated rings. The van der Waals surface area contributed by atoms with Gasteiger partial charge in [0.15, 0.2) is 0 Å². The fraction of sp³-hybridized carbons (Fsp3) is 0.255.